The van der Waals surface area contributed by atoms with Crippen molar-refractivity contribution in [1.29, 1.82) is 0 Å². The van der Waals surface area contributed by atoms with Crippen LogP contribution in [-0.2, 0) is 6.54 Å². The fourth-order valence-electron chi connectivity index (χ4n) is 2.76. The second kappa shape index (κ2) is 5.70. The first kappa shape index (κ1) is 13.3. The van der Waals surface area contributed by atoms with Crippen molar-refractivity contribution in [2.45, 2.75) is 45.2 Å². The van der Waals surface area contributed by atoms with Crippen molar-refractivity contribution in [3.05, 3.63) is 29.6 Å². The Morgan fingerprint density at radius 1 is 1.28 bits per heavy atom. The number of anilines is 1. The number of nitrogens with two attached hydrogens (primary N) is 1. The topological polar surface area (TPSA) is 29.3 Å². The van der Waals surface area contributed by atoms with Gasteiger partial charge in [0, 0.05) is 30.9 Å². The number of benzene rings is 1. The quantitative estimate of drug-likeness (QED) is 0.892. The molecule has 3 heteroatoms. The molecule has 2 rings (SSSR count). The molecule has 1 aliphatic carbocycles. The highest BCUT2D eigenvalue weighted by atomic mass is 19.1. The van der Waals surface area contributed by atoms with Crippen LogP contribution < -0.4 is 10.6 Å². The van der Waals surface area contributed by atoms with Crippen molar-refractivity contribution in [1.82, 2.24) is 0 Å². The lowest BCUT2D eigenvalue weighted by Crippen LogP contribution is -2.34. The van der Waals surface area contributed by atoms with Gasteiger partial charge in [-0.1, -0.05) is 13.0 Å². The maximum atomic E-state index is 13.7. The van der Waals surface area contributed by atoms with E-state index in [1.165, 1.54) is 25.7 Å². The third kappa shape index (κ3) is 2.83. The van der Waals surface area contributed by atoms with E-state index in [1.54, 1.807) is 12.1 Å². The average molecular weight is 250 g/mol. The highest BCUT2D eigenvalue weighted by Crippen LogP contribution is 2.29. The van der Waals surface area contributed by atoms with Gasteiger partial charge in [0.25, 0.3) is 0 Å². The van der Waals surface area contributed by atoms with E-state index in [4.69, 9.17) is 5.73 Å². The summed E-state index contributed by atoms with van der Waals surface area (Å²) in [4.78, 5) is 2.22. The van der Waals surface area contributed by atoms with Gasteiger partial charge in [-0.2, -0.15) is 0 Å². The maximum absolute atomic E-state index is 13.7. The van der Waals surface area contributed by atoms with Crippen LogP contribution in [0.2, 0.25) is 0 Å². The van der Waals surface area contributed by atoms with Gasteiger partial charge in [0.15, 0.2) is 0 Å². The van der Waals surface area contributed by atoms with Gasteiger partial charge in [-0.25, -0.2) is 4.39 Å². The molecule has 0 spiro atoms. The molecule has 1 aliphatic rings. The summed E-state index contributed by atoms with van der Waals surface area (Å²) in [5.74, 6) is 0.650. The lowest BCUT2D eigenvalue weighted by Gasteiger charge is -2.35. The SMILES string of the molecule is CC1CCC(N(C)c2ccc(CN)c(F)c2)CC1. The van der Waals surface area contributed by atoms with Gasteiger partial charge in [-0.15, -0.1) is 0 Å². The van der Waals surface area contributed by atoms with E-state index in [0.29, 0.717) is 11.6 Å². The Morgan fingerprint density at radius 3 is 2.50 bits per heavy atom. The highest BCUT2D eigenvalue weighted by Gasteiger charge is 2.22. The predicted octanol–water partition coefficient (Wildman–Crippen LogP) is 3.30. The van der Waals surface area contributed by atoms with E-state index in [0.717, 1.165) is 11.6 Å². The van der Waals surface area contributed by atoms with Gasteiger partial charge in [-0.05, 0) is 43.7 Å². The largest absolute Gasteiger partial charge is 0.372 e. The molecule has 1 aromatic carbocycles. The number of halogens is 1. The minimum absolute atomic E-state index is 0.189. The summed E-state index contributed by atoms with van der Waals surface area (Å²) in [7, 11) is 2.07. The van der Waals surface area contributed by atoms with E-state index < -0.39 is 0 Å². The molecule has 1 fully saturated rings. The Hall–Kier alpha value is -1.09. The van der Waals surface area contributed by atoms with E-state index in [-0.39, 0.29) is 12.4 Å². The molecule has 0 saturated heterocycles. The second-order valence-electron chi connectivity index (χ2n) is 5.50. The van der Waals surface area contributed by atoms with Crippen LogP contribution in [0.5, 0.6) is 0 Å². The molecule has 2 nitrogen and oxygen atoms in total. The lowest BCUT2D eigenvalue weighted by atomic mass is 9.86. The van der Waals surface area contributed by atoms with Crippen LogP contribution in [0.4, 0.5) is 10.1 Å². The van der Waals surface area contributed by atoms with E-state index in [9.17, 15) is 4.39 Å². The minimum atomic E-state index is -0.189. The molecule has 0 amide bonds. The van der Waals surface area contributed by atoms with Crippen LogP contribution in [0.15, 0.2) is 18.2 Å². The van der Waals surface area contributed by atoms with Crippen molar-refractivity contribution in [3.8, 4) is 0 Å². The molecule has 0 aromatic heterocycles. The number of hydrogen-bond acceptors (Lipinski definition) is 2. The molecular weight excluding hydrogens is 227 g/mol. The van der Waals surface area contributed by atoms with Crippen molar-refractivity contribution in [3.63, 3.8) is 0 Å². The number of nitrogens with zero attached hydrogens (tertiary/aromatic N) is 1. The molecule has 0 aliphatic heterocycles. The van der Waals surface area contributed by atoms with Gasteiger partial charge < -0.3 is 10.6 Å². The zero-order valence-electron chi connectivity index (χ0n) is 11.3. The van der Waals surface area contributed by atoms with Gasteiger partial charge in [-0.3, -0.25) is 0 Å². The molecular formula is C15H23FN2. The standard InChI is InChI=1S/C15H23FN2/c1-11-3-6-13(7-4-11)18(2)14-8-5-12(10-17)15(16)9-14/h5,8-9,11,13H,3-4,6-7,10,17H2,1-2H3. The van der Waals surface area contributed by atoms with Gasteiger partial charge in [0.2, 0.25) is 0 Å². The van der Waals surface area contributed by atoms with Gasteiger partial charge >= 0.3 is 0 Å². The average Bonchev–Trinajstić information content (AvgIpc) is 2.38. The normalized spacial score (nSPS) is 24.0. The second-order valence-corrected chi connectivity index (χ2v) is 5.50. The third-order valence-electron chi connectivity index (χ3n) is 4.20. The molecule has 0 unspecified atom stereocenters. The predicted molar refractivity (Wildman–Crippen MR) is 74.1 cm³/mol. The molecule has 1 aromatic rings. The van der Waals surface area contributed by atoms with Crippen LogP contribution in [-0.4, -0.2) is 13.1 Å². The summed E-state index contributed by atoms with van der Waals surface area (Å²) >= 11 is 0. The summed E-state index contributed by atoms with van der Waals surface area (Å²) in [6, 6.07) is 5.93. The summed E-state index contributed by atoms with van der Waals surface area (Å²) in [6.45, 7) is 2.57. The number of hydrogen-bond donors (Lipinski definition) is 1. The van der Waals surface area contributed by atoms with Crippen molar-refractivity contribution >= 4 is 5.69 Å². The first-order valence-electron chi connectivity index (χ1n) is 6.83. The molecule has 18 heavy (non-hydrogen) atoms. The van der Waals surface area contributed by atoms with Crippen LogP contribution >= 0.6 is 0 Å². The Bertz CT molecular complexity index is 397. The summed E-state index contributed by atoms with van der Waals surface area (Å²) in [5, 5.41) is 0. The monoisotopic (exact) mass is 250 g/mol. The maximum Gasteiger partial charge on any atom is 0.129 e. The fraction of sp³-hybridized carbons (Fsp3) is 0.600. The smallest absolute Gasteiger partial charge is 0.129 e. The van der Waals surface area contributed by atoms with Gasteiger partial charge in [0.1, 0.15) is 5.82 Å². The van der Waals surface area contributed by atoms with Crippen LogP contribution in [0.25, 0.3) is 0 Å². The van der Waals surface area contributed by atoms with Crippen LogP contribution in [0.3, 0.4) is 0 Å². The summed E-state index contributed by atoms with van der Waals surface area (Å²) < 4.78 is 13.7. The Balaban J connectivity index is 2.08. The first-order chi connectivity index (χ1) is 8.61. The molecule has 0 radical (unpaired) electrons. The van der Waals surface area contributed by atoms with E-state index in [1.807, 2.05) is 6.07 Å². The van der Waals surface area contributed by atoms with Crippen molar-refractivity contribution in [2.24, 2.45) is 11.7 Å². The molecule has 2 N–H and O–H groups in total. The molecule has 0 bridgehead atoms. The van der Waals surface area contributed by atoms with Crippen molar-refractivity contribution < 1.29 is 4.39 Å². The Kier molecular flexibility index (Phi) is 4.23. The third-order valence-corrected chi connectivity index (χ3v) is 4.20. The molecule has 100 valence electrons. The summed E-state index contributed by atoms with van der Waals surface area (Å²) in [5.41, 5.74) is 7.03. The minimum Gasteiger partial charge on any atom is -0.372 e. The Morgan fingerprint density at radius 2 is 1.94 bits per heavy atom. The van der Waals surface area contributed by atoms with E-state index >= 15 is 0 Å². The molecule has 0 atom stereocenters. The first-order valence-corrected chi connectivity index (χ1v) is 6.83. The highest BCUT2D eigenvalue weighted by molar-refractivity contribution is 5.48. The molecule has 0 heterocycles. The number of rotatable bonds is 3. The summed E-state index contributed by atoms with van der Waals surface area (Å²) in [6.07, 6.45) is 4.96. The zero-order chi connectivity index (χ0) is 13.1. The van der Waals surface area contributed by atoms with E-state index in [2.05, 4.69) is 18.9 Å². The fourth-order valence-corrected chi connectivity index (χ4v) is 2.76. The zero-order valence-corrected chi connectivity index (χ0v) is 11.3. The van der Waals surface area contributed by atoms with Crippen molar-refractivity contribution in [2.75, 3.05) is 11.9 Å². The lowest BCUT2D eigenvalue weighted by molar-refractivity contribution is 0.340. The van der Waals surface area contributed by atoms with Crippen LogP contribution in [0, 0.1) is 11.7 Å². The molecule has 1 saturated carbocycles. The van der Waals surface area contributed by atoms with Gasteiger partial charge in [0.05, 0.1) is 0 Å². The van der Waals surface area contributed by atoms with Crippen LogP contribution in [0.1, 0.15) is 38.2 Å². The Labute approximate surface area is 109 Å².